The number of nitriles is 1. The van der Waals surface area contributed by atoms with Gasteiger partial charge in [0.15, 0.2) is 0 Å². The molecular weight excluding hydrogens is 257 g/mol. The molecule has 2 heterocycles. The lowest BCUT2D eigenvalue weighted by atomic mass is 10.1. The zero-order chi connectivity index (χ0) is 13.9. The number of pyridine rings is 1. The zero-order valence-electron chi connectivity index (χ0n) is 10.1. The van der Waals surface area contributed by atoms with Gasteiger partial charge in [-0.2, -0.15) is 18.4 Å². The number of halogens is 3. The molecule has 4 nitrogen and oxygen atoms in total. The second-order valence-corrected chi connectivity index (χ2v) is 4.37. The smallest absolute Gasteiger partial charge is 0.366 e. The third-order valence-corrected chi connectivity index (χ3v) is 2.99. The van der Waals surface area contributed by atoms with Crippen LogP contribution in [-0.2, 0) is 6.18 Å². The summed E-state index contributed by atoms with van der Waals surface area (Å²) in [7, 11) is 0. The average Bonchev–Trinajstić information content (AvgIpc) is 2.39. The minimum atomic E-state index is -4.50. The first kappa shape index (κ1) is 13.6. The molecule has 0 atom stereocenters. The van der Waals surface area contributed by atoms with Crippen LogP contribution in [0.3, 0.4) is 0 Å². The van der Waals surface area contributed by atoms with E-state index in [0.717, 1.165) is 38.1 Å². The van der Waals surface area contributed by atoms with Crippen molar-refractivity contribution in [2.24, 2.45) is 0 Å². The van der Waals surface area contributed by atoms with Crippen molar-refractivity contribution in [2.75, 3.05) is 18.4 Å². The number of nitrogens with one attached hydrogen (secondary N) is 2. The summed E-state index contributed by atoms with van der Waals surface area (Å²) in [6.45, 7) is 1.61. The maximum atomic E-state index is 12.6. The summed E-state index contributed by atoms with van der Waals surface area (Å²) in [6, 6.07) is 3.88. The first-order chi connectivity index (χ1) is 9.00. The van der Waals surface area contributed by atoms with Gasteiger partial charge < -0.3 is 10.6 Å². The lowest BCUT2D eigenvalue weighted by Crippen LogP contribution is -2.35. The maximum Gasteiger partial charge on any atom is 0.433 e. The number of hydrogen-bond acceptors (Lipinski definition) is 4. The molecule has 2 N–H and O–H groups in total. The second kappa shape index (κ2) is 5.45. The highest BCUT2D eigenvalue weighted by atomic mass is 19.4. The number of anilines is 1. The maximum absolute atomic E-state index is 12.6. The van der Waals surface area contributed by atoms with Crippen molar-refractivity contribution in [3.63, 3.8) is 0 Å². The zero-order valence-corrected chi connectivity index (χ0v) is 10.1. The second-order valence-electron chi connectivity index (χ2n) is 4.37. The molecular formula is C12H13F3N4. The van der Waals surface area contributed by atoms with Crippen molar-refractivity contribution in [1.29, 1.82) is 5.26 Å². The molecule has 1 fully saturated rings. The fraction of sp³-hybridized carbons (Fsp3) is 0.500. The van der Waals surface area contributed by atoms with Crippen molar-refractivity contribution in [3.05, 3.63) is 23.4 Å². The van der Waals surface area contributed by atoms with E-state index in [0.29, 0.717) is 0 Å². The highest BCUT2D eigenvalue weighted by Crippen LogP contribution is 2.29. The molecule has 7 heteroatoms. The van der Waals surface area contributed by atoms with Crippen LogP contribution in [0.2, 0.25) is 0 Å². The summed E-state index contributed by atoms with van der Waals surface area (Å²) in [5.41, 5.74) is -0.852. The first-order valence-corrected chi connectivity index (χ1v) is 5.96. The van der Waals surface area contributed by atoms with Crippen LogP contribution in [0.25, 0.3) is 0 Å². The summed E-state index contributed by atoms with van der Waals surface area (Å²) in [5, 5.41) is 15.0. The molecule has 0 amide bonds. The van der Waals surface area contributed by atoms with Crippen LogP contribution < -0.4 is 10.6 Å². The summed E-state index contributed by atoms with van der Waals surface area (Å²) < 4.78 is 37.8. The summed E-state index contributed by atoms with van der Waals surface area (Å²) in [4.78, 5) is 3.53. The van der Waals surface area contributed by atoms with E-state index in [1.54, 1.807) is 0 Å². The number of hydrogen-bond donors (Lipinski definition) is 2. The topological polar surface area (TPSA) is 60.7 Å². The quantitative estimate of drug-likeness (QED) is 0.864. The molecule has 0 radical (unpaired) electrons. The van der Waals surface area contributed by atoms with Crippen LogP contribution in [0.5, 0.6) is 0 Å². The van der Waals surface area contributed by atoms with Crippen LogP contribution in [0.15, 0.2) is 12.1 Å². The molecule has 1 aromatic rings. The summed E-state index contributed by atoms with van der Waals surface area (Å²) in [5.74, 6) is 0.0178. The molecule has 1 saturated heterocycles. The third kappa shape index (κ3) is 3.35. The van der Waals surface area contributed by atoms with Gasteiger partial charge in [-0.15, -0.1) is 0 Å². The predicted octanol–water partition coefficient (Wildman–Crippen LogP) is 2.14. The number of nitrogens with zero attached hydrogens (tertiary/aromatic N) is 2. The lowest BCUT2D eigenvalue weighted by molar-refractivity contribution is -0.141. The largest absolute Gasteiger partial charge is 0.433 e. The Morgan fingerprint density at radius 3 is 2.58 bits per heavy atom. The molecule has 0 spiro atoms. The molecule has 1 aliphatic rings. The van der Waals surface area contributed by atoms with Crippen molar-refractivity contribution in [1.82, 2.24) is 10.3 Å². The van der Waals surface area contributed by atoms with E-state index in [1.165, 1.54) is 0 Å². The lowest BCUT2D eigenvalue weighted by Gasteiger charge is -2.24. The number of piperidine rings is 1. The number of alkyl halides is 3. The van der Waals surface area contributed by atoms with Crippen LogP contribution in [-0.4, -0.2) is 24.1 Å². The molecule has 0 aliphatic carbocycles. The standard InChI is InChI=1S/C12H13F3N4/c13-12(14,15)10-2-1-8(7-16)11(19-10)18-9-3-5-17-6-4-9/h1-2,9,17H,3-6H2,(H,18,19). The van der Waals surface area contributed by atoms with Gasteiger partial charge in [0.1, 0.15) is 17.6 Å². The summed E-state index contributed by atoms with van der Waals surface area (Å²) >= 11 is 0. The molecule has 19 heavy (non-hydrogen) atoms. The van der Waals surface area contributed by atoms with Gasteiger partial charge in [-0.05, 0) is 38.1 Å². The van der Waals surface area contributed by atoms with Crippen molar-refractivity contribution >= 4 is 5.82 Å². The van der Waals surface area contributed by atoms with E-state index in [1.807, 2.05) is 6.07 Å². The fourth-order valence-corrected chi connectivity index (χ4v) is 1.98. The van der Waals surface area contributed by atoms with Crippen molar-refractivity contribution in [3.8, 4) is 6.07 Å². The van der Waals surface area contributed by atoms with Gasteiger partial charge in [-0.1, -0.05) is 0 Å². The van der Waals surface area contributed by atoms with Gasteiger partial charge in [0.25, 0.3) is 0 Å². The summed E-state index contributed by atoms with van der Waals surface area (Å²) in [6.07, 6.45) is -2.91. The third-order valence-electron chi connectivity index (χ3n) is 2.99. The molecule has 0 unspecified atom stereocenters. The van der Waals surface area contributed by atoms with Gasteiger partial charge >= 0.3 is 6.18 Å². The Morgan fingerprint density at radius 2 is 2.00 bits per heavy atom. The van der Waals surface area contributed by atoms with Crippen LogP contribution in [0.1, 0.15) is 24.1 Å². The Labute approximate surface area is 108 Å². The van der Waals surface area contributed by atoms with Gasteiger partial charge in [-0.25, -0.2) is 4.98 Å². The molecule has 2 rings (SSSR count). The molecule has 102 valence electrons. The van der Waals surface area contributed by atoms with E-state index in [9.17, 15) is 13.2 Å². The highest BCUT2D eigenvalue weighted by molar-refractivity contribution is 5.53. The van der Waals surface area contributed by atoms with Crippen molar-refractivity contribution in [2.45, 2.75) is 25.1 Å². The monoisotopic (exact) mass is 270 g/mol. The van der Waals surface area contributed by atoms with Gasteiger partial charge in [0, 0.05) is 6.04 Å². The van der Waals surface area contributed by atoms with E-state index >= 15 is 0 Å². The number of rotatable bonds is 2. The van der Waals surface area contributed by atoms with Crippen LogP contribution in [0, 0.1) is 11.3 Å². The Bertz CT molecular complexity index is 487. The van der Waals surface area contributed by atoms with Gasteiger partial charge in [-0.3, -0.25) is 0 Å². The minimum absolute atomic E-state index is 0.0178. The Kier molecular flexibility index (Phi) is 3.90. The fourth-order valence-electron chi connectivity index (χ4n) is 1.98. The number of aromatic nitrogens is 1. The molecule has 0 bridgehead atoms. The Hall–Kier alpha value is -1.81. The normalized spacial score (nSPS) is 16.9. The molecule has 0 saturated carbocycles. The average molecular weight is 270 g/mol. The van der Waals surface area contributed by atoms with E-state index in [-0.39, 0.29) is 17.4 Å². The van der Waals surface area contributed by atoms with Gasteiger partial charge in [0.05, 0.1) is 5.56 Å². The molecule has 1 aromatic heterocycles. The predicted molar refractivity (Wildman–Crippen MR) is 63.5 cm³/mol. The van der Waals surface area contributed by atoms with E-state index < -0.39 is 11.9 Å². The van der Waals surface area contributed by atoms with E-state index in [2.05, 4.69) is 15.6 Å². The van der Waals surface area contributed by atoms with Crippen molar-refractivity contribution < 1.29 is 13.2 Å². The van der Waals surface area contributed by atoms with Crippen LogP contribution >= 0.6 is 0 Å². The van der Waals surface area contributed by atoms with E-state index in [4.69, 9.17) is 5.26 Å². The first-order valence-electron chi connectivity index (χ1n) is 5.96. The SMILES string of the molecule is N#Cc1ccc(C(F)(F)F)nc1NC1CCNCC1. The highest BCUT2D eigenvalue weighted by Gasteiger charge is 2.33. The Balaban J connectivity index is 2.23. The molecule has 0 aromatic carbocycles. The van der Waals surface area contributed by atoms with Gasteiger partial charge in [0.2, 0.25) is 0 Å². The minimum Gasteiger partial charge on any atom is -0.366 e. The molecule has 1 aliphatic heterocycles. The van der Waals surface area contributed by atoms with Crippen LogP contribution in [0.4, 0.5) is 19.0 Å². The Morgan fingerprint density at radius 1 is 1.32 bits per heavy atom.